The molecule has 0 aromatic carbocycles. The van der Waals surface area contributed by atoms with E-state index in [1.807, 2.05) is 25.2 Å². The van der Waals surface area contributed by atoms with Crippen LogP contribution in [0.5, 0.6) is 0 Å². The van der Waals surface area contributed by atoms with E-state index in [1.54, 1.807) is 31.1 Å². The first-order valence-corrected chi connectivity index (χ1v) is 12.6. The number of aromatic nitrogens is 5. The van der Waals surface area contributed by atoms with Gasteiger partial charge in [0.2, 0.25) is 0 Å². The molecule has 11 nitrogen and oxygen atoms in total. The number of amides is 1. The second-order valence-corrected chi connectivity index (χ2v) is 9.53. The van der Waals surface area contributed by atoms with E-state index >= 15 is 0 Å². The Morgan fingerprint density at radius 1 is 1.16 bits per heavy atom. The molecule has 2 fully saturated rings. The van der Waals surface area contributed by atoms with E-state index in [4.69, 9.17) is 24.2 Å². The van der Waals surface area contributed by atoms with Crippen LogP contribution in [0.4, 0.5) is 5.82 Å². The van der Waals surface area contributed by atoms with Crippen molar-refractivity contribution in [3.05, 3.63) is 42.4 Å². The topological polar surface area (TPSA) is 117 Å². The van der Waals surface area contributed by atoms with Crippen molar-refractivity contribution in [3.63, 3.8) is 0 Å². The number of ether oxygens (including phenoxy) is 3. The van der Waals surface area contributed by atoms with Crippen LogP contribution in [-0.4, -0.2) is 82.8 Å². The lowest BCUT2D eigenvalue weighted by Gasteiger charge is -2.35. The molecule has 0 spiro atoms. The number of carbonyl (C=O) groups excluding carboxylic acids is 1. The predicted molar refractivity (Wildman–Crippen MR) is 138 cm³/mol. The molecule has 194 valence electrons. The van der Waals surface area contributed by atoms with Crippen molar-refractivity contribution < 1.29 is 19.0 Å². The summed E-state index contributed by atoms with van der Waals surface area (Å²) in [5.41, 5.74) is 3.42. The zero-order valence-electron chi connectivity index (χ0n) is 21.2. The zero-order valence-corrected chi connectivity index (χ0v) is 21.2. The fourth-order valence-electron chi connectivity index (χ4n) is 5.39. The fraction of sp³-hybridized carbons (Fsp3) is 0.462. The largest absolute Gasteiger partial charge is 0.379 e. The van der Waals surface area contributed by atoms with Crippen molar-refractivity contribution in [2.45, 2.75) is 43.6 Å². The van der Waals surface area contributed by atoms with Crippen LogP contribution in [-0.2, 0) is 14.2 Å². The molecule has 1 aliphatic heterocycles. The van der Waals surface area contributed by atoms with Gasteiger partial charge in [-0.1, -0.05) is 0 Å². The maximum Gasteiger partial charge on any atom is 0.257 e. The van der Waals surface area contributed by atoms with Crippen molar-refractivity contribution in [1.29, 1.82) is 0 Å². The molecular weight excluding hydrogens is 474 g/mol. The lowest BCUT2D eigenvalue weighted by atomic mass is 9.89. The van der Waals surface area contributed by atoms with Crippen LogP contribution < -0.4 is 10.6 Å². The molecule has 11 heteroatoms. The van der Waals surface area contributed by atoms with Gasteiger partial charge in [-0.25, -0.2) is 9.97 Å². The van der Waals surface area contributed by atoms with Gasteiger partial charge in [0.15, 0.2) is 5.65 Å². The molecule has 1 aliphatic carbocycles. The van der Waals surface area contributed by atoms with Gasteiger partial charge in [0, 0.05) is 57.3 Å². The number of hydrogen-bond acceptors (Lipinski definition) is 8. The molecule has 0 bridgehead atoms. The second kappa shape index (κ2) is 9.73. The minimum atomic E-state index is -0.206. The van der Waals surface area contributed by atoms with Crippen molar-refractivity contribution >= 4 is 28.4 Å². The molecule has 1 saturated carbocycles. The Morgan fingerprint density at radius 3 is 2.78 bits per heavy atom. The van der Waals surface area contributed by atoms with Crippen LogP contribution in [0.2, 0.25) is 0 Å². The Labute approximate surface area is 214 Å². The molecule has 2 N–H and O–H groups in total. The highest BCUT2D eigenvalue weighted by Crippen LogP contribution is 2.35. The van der Waals surface area contributed by atoms with Crippen LogP contribution in [0.3, 0.4) is 0 Å². The summed E-state index contributed by atoms with van der Waals surface area (Å²) in [4.78, 5) is 22.9. The van der Waals surface area contributed by atoms with Crippen molar-refractivity contribution in [3.8, 4) is 11.3 Å². The lowest BCUT2D eigenvalue weighted by Crippen LogP contribution is -2.51. The number of methoxy groups -OCH3 is 2. The van der Waals surface area contributed by atoms with Gasteiger partial charge in [-0.05, 0) is 31.4 Å². The van der Waals surface area contributed by atoms with E-state index in [9.17, 15) is 4.79 Å². The van der Waals surface area contributed by atoms with E-state index in [2.05, 4.69) is 26.5 Å². The van der Waals surface area contributed by atoms with E-state index in [0.29, 0.717) is 24.4 Å². The summed E-state index contributed by atoms with van der Waals surface area (Å²) in [6.45, 7) is 1.20. The normalized spacial score (nSPS) is 23.8. The molecule has 5 heterocycles. The van der Waals surface area contributed by atoms with Gasteiger partial charge in [-0.2, -0.15) is 9.61 Å². The summed E-state index contributed by atoms with van der Waals surface area (Å²) in [6, 6.07) is 6.00. The van der Waals surface area contributed by atoms with E-state index in [0.717, 1.165) is 47.4 Å². The smallest absolute Gasteiger partial charge is 0.257 e. The number of nitrogens with one attached hydrogen (secondary N) is 2. The first-order chi connectivity index (χ1) is 18.1. The Balaban J connectivity index is 1.45. The number of nitrogens with zero attached hydrogens (tertiary/aromatic N) is 5. The van der Waals surface area contributed by atoms with Gasteiger partial charge in [0.25, 0.3) is 5.91 Å². The third-order valence-electron chi connectivity index (χ3n) is 7.60. The van der Waals surface area contributed by atoms with Crippen molar-refractivity contribution in [2.24, 2.45) is 0 Å². The van der Waals surface area contributed by atoms with Gasteiger partial charge < -0.3 is 29.4 Å². The molecule has 4 aromatic heterocycles. The van der Waals surface area contributed by atoms with E-state index in [-0.39, 0.29) is 30.2 Å². The molecule has 6 rings (SSSR count). The number of fused-ring (bicyclic) bond motifs is 2. The highest BCUT2D eigenvalue weighted by molar-refractivity contribution is 6.01. The number of hydrogen-bond donors (Lipinski definition) is 2. The third kappa shape index (κ3) is 4.03. The van der Waals surface area contributed by atoms with Gasteiger partial charge in [0.1, 0.15) is 23.1 Å². The standard InChI is InChI=1S/C26H31N7O4/c1-27-23-11-19(30-25-16(12-29-33(23)25)26(34)31-18-6-7-21(18)35-2)17-13-32(24-15(17)5-4-9-28-24)20-8-10-37-14-22(20)36-3/h4-5,9,11-13,18,20-22,27H,6-8,10,14H2,1-3H3,(H,31,34)/t18-,20+,21-,22-/m1/s1. The third-order valence-corrected chi connectivity index (χ3v) is 7.60. The summed E-state index contributed by atoms with van der Waals surface area (Å²) >= 11 is 0. The summed E-state index contributed by atoms with van der Waals surface area (Å²) in [7, 11) is 5.21. The molecule has 37 heavy (non-hydrogen) atoms. The molecule has 2 aliphatic rings. The Hall–Kier alpha value is -3.54. The molecular formula is C26H31N7O4. The van der Waals surface area contributed by atoms with Gasteiger partial charge >= 0.3 is 0 Å². The maximum atomic E-state index is 13.2. The first-order valence-electron chi connectivity index (χ1n) is 12.6. The van der Waals surface area contributed by atoms with Crippen molar-refractivity contribution in [1.82, 2.24) is 29.5 Å². The van der Waals surface area contributed by atoms with Gasteiger partial charge in [0.05, 0.1) is 36.7 Å². The average molecular weight is 506 g/mol. The number of carbonyl (C=O) groups is 1. The summed E-state index contributed by atoms with van der Waals surface area (Å²) in [5, 5.41) is 11.7. The molecule has 0 unspecified atom stereocenters. The Bertz CT molecular complexity index is 1450. The Morgan fingerprint density at radius 2 is 2.03 bits per heavy atom. The minimum absolute atomic E-state index is 0.00310. The van der Waals surface area contributed by atoms with Crippen LogP contribution in [0.15, 0.2) is 36.8 Å². The van der Waals surface area contributed by atoms with Crippen LogP contribution in [0, 0.1) is 0 Å². The molecule has 1 amide bonds. The summed E-state index contributed by atoms with van der Waals surface area (Å²) in [6.07, 6.45) is 8.08. The van der Waals surface area contributed by atoms with Gasteiger partial charge in [-0.15, -0.1) is 0 Å². The highest BCUT2D eigenvalue weighted by Gasteiger charge is 2.33. The lowest BCUT2D eigenvalue weighted by molar-refractivity contribution is -0.0592. The second-order valence-electron chi connectivity index (χ2n) is 9.53. The fourth-order valence-corrected chi connectivity index (χ4v) is 5.39. The minimum Gasteiger partial charge on any atom is -0.379 e. The van der Waals surface area contributed by atoms with E-state index < -0.39 is 0 Å². The quantitative estimate of drug-likeness (QED) is 0.394. The maximum absolute atomic E-state index is 13.2. The number of rotatable bonds is 7. The van der Waals surface area contributed by atoms with Crippen LogP contribution in [0.1, 0.15) is 35.7 Å². The monoisotopic (exact) mass is 505 g/mol. The van der Waals surface area contributed by atoms with Crippen LogP contribution >= 0.6 is 0 Å². The summed E-state index contributed by atoms with van der Waals surface area (Å²) in [5.74, 6) is 0.519. The molecule has 4 aromatic rings. The highest BCUT2D eigenvalue weighted by atomic mass is 16.5. The van der Waals surface area contributed by atoms with Crippen LogP contribution in [0.25, 0.3) is 27.9 Å². The van der Waals surface area contributed by atoms with E-state index in [1.165, 1.54) is 0 Å². The number of pyridine rings is 1. The SMILES string of the molecule is CNc1cc(-c2cn([C@H]3CCOC[C@H]3OC)c3ncccc23)nc2c(C(=O)N[C@@H]3CC[C@H]3OC)cnn12. The molecule has 1 saturated heterocycles. The Kier molecular flexibility index (Phi) is 6.27. The average Bonchev–Trinajstić information content (AvgIpc) is 3.53. The van der Waals surface area contributed by atoms with Crippen molar-refractivity contribution in [2.75, 3.05) is 39.8 Å². The summed E-state index contributed by atoms with van der Waals surface area (Å²) < 4.78 is 20.7. The predicted octanol–water partition coefficient (Wildman–Crippen LogP) is 2.67. The number of anilines is 1. The van der Waals surface area contributed by atoms with Gasteiger partial charge in [-0.3, -0.25) is 4.79 Å². The zero-order chi connectivity index (χ0) is 25.5. The molecule has 4 atom stereocenters. The first kappa shape index (κ1) is 23.8. The molecule has 0 radical (unpaired) electrons.